The van der Waals surface area contributed by atoms with Crippen LogP contribution in [0.15, 0.2) is 18.2 Å². The number of carbonyl (C=O) groups excluding carboxylic acids is 1. The summed E-state index contributed by atoms with van der Waals surface area (Å²) in [6.07, 6.45) is 1.71. The van der Waals surface area contributed by atoms with Crippen LogP contribution in [-0.4, -0.2) is 35.0 Å². The molecule has 0 aliphatic carbocycles. The Labute approximate surface area is 115 Å². The number of anilines is 1. The van der Waals surface area contributed by atoms with Crippen LogP contribution in [0.2, 0.25) is 0 Å². The molecule has 2 aliphatic rings. The molecular weight excluding hydrogens is 262 g/mol. The summed E-state index contributed by atoms with van der Waals surface area (Å²) in [5.74, 6) is 1.40. The third-order valence-electron chi connectivity index (χ3n) is 3.77. The largest absolute Gasteiger partial charge is 0.478 e. The number of fused-ring (bicyclic) bond motifs is 1. The average molecular weight is 277 g/mol. The minimum absolute atomic E-state index is 0.134. The molecule has 1 N–H and O–H groups in total. The Morgan fingerprint density at radius 1 is 1.37 bits per heavy atom. The van der Waals surface area contributed by atoms with Crippen LogP contribution in [0.5, 0.6) is 0 Å². The van der Waals surface area contributed by atoms with Gasteiger partial charge in [0.25, 0.3) is 0 Å². The van der Waals surface area contributed by atoms with Gasteiger partial charge < -0.3 is 10.0 Å². The van der Waals surface area contributed by atoms with Gasteiger partial charge in [0.1, 0.15) is 0 Å². The van der Waals surface area contributed by atoms with Gasteiger partial charge in [-0.15, -0.1) is 0 Å². The van der Waals surface area contributed by atoms with Crippen molar-refractivity contribution in [1.29, 1.82) is 0 Å². The van der Waals surface area contributed by atoms with Crippen molar-refractivity contribution in [2.75, 3.05) is 23.0 Å². The Hall–Kier alpha value is -1.49. The minimum Gasteiger partial charge on any atom is -0.478 e. The number of carbonyl (C=O) groups is 2. The number of thioether (sulfide) groups is 1. The highest BCUT2D eigenvalue weighted by Gasteiger charge is 2.32. The first kappa shape index (κ1) is 12.5. The van der Waals surface area contributed by atoms with Crippen LogP contribution in [0, 0.1) is 5.92 Å². The zero-order chi connectivity index (χ0) is 13.4. The van der Waals surface area contributed by atoms with Crippen molar-refractivity contribution >= 4 is 29.3 Å². The molecule has 4 nitrogen and oxygen atoms in total. The summed E-state index contributed by atoms with van der Waals surface area (Å²) in [6.45, 7) is 0.679. The highest BCUT2D eigenvalue weighted by atomic mass is 32.2. The van der Waals surface area contributed by atoms with E-state index in [0.29, 0.717) is 12.1 Å². The molecule has 0 radical (unpaired) electrons. The number of nitrogens with zero attached hydrogens (tertiary/aromatic N) is 1. The van der Waals surface area contributed by atoms with Crippen LogP contribution in [-0.2, 0) is 11.2 Å². The van der Waals surface area contributed by atoms with E-state index in [2.05, 4.69) is 0 Å². The smallest absolute Gasteiger partial charge is 0.335 e. The highest BCUT2D eigenvalue weighted by molar-refractivity contribution is 7.99. The number of hydrogen-bond donors (Lipinski definition) is 1. The van der Waals surface area contributed by atoms with Crippen molar-refractivity contribution in [1.82, 2.24) is 0 Å². The van der Waals surface area contributed by atoms with Gasteiger partial charge >= 0.3 is 5.97 Å². The summed E-state index contributed by atoms with van der Waals surface area (Å²) in [5, 5.41) is 8.98. The van der Waals surface area contributed by atoms with E-state index in [1.165, 1.54) is 0 Å². The fourth-order valence-electron chi connectivity index (χ4n) is 2.71. The van der Waals surface area contributed by atoms with Gasteiger partial charge in [0.05, 0.1) is 5.56 Å². The van der Waals surface area contributed by atoms with Crippen LogP contribution < -0.4 is 4.90 Å². The number of aromatic carboxylic acids is 1. The molecule has 0 spiro atoms. The number of rotatable bonds is 2. The molecule has 0 aromatic heterocycles. The Bertz CT molecular complexity index is 537. The first-order valence-electron chi connectivity index (χ1n) is 6.42. The van der Waals surface area contributed by atoms with E-state index in [1.807, 2.05) is 16.7 Å². The van der Waals surface area contributed by atoms with E-state index in [9.17, 15) is 9.59 Å². The van der Waals surface area contributed by atoms with E-state index in [4.69, 9.17) is 5.11 Å². The van der Waals surface area contributed by atoms with Crippen molar-refractivity contribution in [3.8, 4) is 0 Å². The lowest BCUT2D eigenvalue weighted by molar-refractivity contribution is -0.121. The number of amides is 1. The van der Waals surface area contributed by atoms with Crippen LogP contribution in [0.3, 0.4) is 0 Å². The predicted octanol–water partition coefficient (Wildman–Crippen LogP) is 2.03. The summed E-state index contributed by atoms with van der Waals surface area (Å²) in [6, 6.07) is 5.04. The zero-order valence-electron chi connectivity index (χ0n) is 10.5. The van der Waals surface area contributed by atoms with Gasteiger partial charge in [-0.3, -0.25) is 4.79 Å². The molecule has 19 heavy (non-hydrogen) atoms. The van der Waals surface area contributed by atoms with E-state index >= 15 is 0 Å². The number of carboxylic acid groups (broad SMARTS) is 1. The molecule has 1 unspecified atom stereocenters. The van der Waals surface area contributed by atoms with Gasteiger partial charge in [-0.2, -0.15) is 11.8 Å². The normalized spacial score (nSPS) is 21.5. The highest BCUT2D eigenvalue weighted by Crippen LogP contribution is 2.33. The van der Waals surface area contributed by atoms with Crippen molar-refractivity contribution in [3.63, 3.8) is 0 Å². The lowest BCUT2D eigenvalue weighted by Crippen LogP contribution is -2.34. The molecule has 0 bridgehead atoms. The van der Waals surface area contributed by atoms with Crippen molar-refractivity contribution in [3.05, 3.63) is 29.3 Å². The minimum atomic E-state index is -0.917. The Morgan fingerprint density at radius 2 is 2.21 bits per heavy atom. The third-order valence-corrected chi connectivity index (χ3v) is 4.93. The van der Waals surface area contributed by atoms with Crippen LogP contribution in [0.25, 0.3) is 0 Å². The summed E-state index contributed by atoms with van der Waals surface area (Å²) in [5.41, 5.74) is 2.16. The van der Waals surface area contributed by atoms with Gasteiger partial charge in [0.2, 0.25) is 5.91 Å². The molecule has 1 fully saturated rings. The van der Waals surface area contributed by atoms with Gasteiger partial charge in [-0.05, 0) is 42.4 Å². The molecule has 5 heteroatoms. The topological polar surface area (TPSA) is 57.6 Å². The Kier molecular flexibility index (Phi) is 3.22. The number of benzene rings is 1. The molecule has 1 aromatic rings. The first-order valence-corrected chi connectivity index (χ1v) is 7.57. The predicted molar refractivity (Wildman–Crippen MR) is 74.9 cm³/mol. The molecule has 1 amide bonds. The van der Waals surface area contributed by atoms with Crippen molar-refractivity contribution in [2.24, 2.45) is 5.92 Å². The van der Waals surface area contributed by atoms with Gasteiger partial charge in [0, 0.05) is 23.9 Å². The van der Waals surface area contributed by atoms with E-state index < -0.39 is 5.97 Å². The van der Waals surface area contributed by atoms with Gasteiger partial charge in [-0.1, -0.05) is 0 Å². The zero-order valence-corrected chi connectivity index (χ0v) is 11.3. The van der Waals surface area contributed by atoms with E-state index in [-0.39, 0.29) is 11.8 Å². The molecule has 1 aromatic carbocycles. The number of hydrogen-bond acceptors (Lipinski definition) is 3. The molecule has 0 saturated carbocycles. The fourth-order valence-corrected chi connectivity index (χ4v) is 3.92. The van der Waals surface area contributed by atoms with Crippen molar-refractivity contribution < 1.29 is 14.7 Å². The summed E-state index contributed by atoms with van der Waals surface area (Å²) in [7, 11) is 0. The molecule has 2 heterocycles. The lowest BCUT2D eigenvalue weighted by Gasteiger charge is -2.20. The second kappa shape index (κ2) is 4.89. The molecule has 2 aliphatic heterocycles. The maximum atomic E-state index is 12.4. The van der Waals surface area contributed by atoms with E-state index in [1.54, 1.807) is 18.2 Å². The summed E-state index contributed by atoms with van der Waals surface area (Å²) < 4.78 is 0. The standard InChI is InChI=1S/C14H15NO3S/c16-13(11-4-6-19-8-11)15-5-3-9-7-10(14(17)18)1-2-12(9)15/h1-2,7,11H,3-6,8H2,(H,17,18). The second-order valence-corrected chi connectivity index (χ2v) is 6.10. The summed E-state index contributed by atoms with van der Waals surface area (Å²) in [4.78, 5) is 25.2. The third kappa shape index (κ3) is 2.23. The Morgan fingerprint density at radius 3 is 2.89 bits per heavy atom. The van der Waals surface area contributed by atoms with Gasteiger partial charge in [0.15, 0.2) is 0 Å². The second-order valence-electron chi connectivity index (χ2n) is 4.95. The quantitative estimate of drug-likeness (QED) is 0.898. The molecular formula is C14H15NO3S. The molecule has 1 atom stereocenters. The van der Waals surface area contributed by atoms with Crippen molar-refractivity contribution in [2.45, 2.75) is 12.8 Å². The lowest BCUT2D eigenvalue weighted by atomic mass is 10.1. The monoisotopic (exact) mass is 277 g/mol. The number of carboxylic acids is 1. The van der Waals surface area contributed by atoms with Crippen LogP contribution >= 0.6 is 11.8 Å². The summed E-state index contributed by atoms with van der Waals surface area (Å²) >= 11 is 1.83. The molecule has 1 saturated heterocycles. The fraction of sp³-hybridized carbons (Fsp3) is 0.429. The first-order chi connectivity index (χ1) is 9.16. The maximum Gasteiger partial charge on any atom is 0.335 e. The van der Waals surface area contributed by atoms with Crippen LogP contribution in [0.4, 0.5) is 5.69 Å². The average Bonchev–Trinajstić information content (AvgIpc) is 3.06. The van der Waals surface area contributed by atoms with E-state index in [0.717, 1.165) is 35.6 Å². The maximum absolute atomic E-state index is 12.4. The SMILES string of the molecule is O=C(O)c1ccc2c(c1)CCN2C(=O)C1CCSC1. The van der Waals surface area contributed by atoms with Crippen LogP contribution in [0.1, 0.15) is 22.3 Å². The molecule has 100 valence electrons. The molecule has 3 rings (SSSR count). The Balaban J connectivity index is 1.85. The van der Waals surface area contributed by atoms with Gasteiger partial charge in [-0.25, -0.2) is 4.79 Å².